The fraction of sp³-hybridized carbons (Fsp3) is 0.600. The van der Waals surface area contributed by atoms with Gasteiger partial charge in [0.05, 0.1) is 12.3 Å². The third-order valence-corrected chi connectivity index (χ3v) is 3.25. The lowest BCUT2D eigenvalue weighted by molar-refractivity contribution is 0.144. The van der Waals surface area contributed by atoms with Crippen LogP contribution in [0, 0.1) is 6.92 Å². The number of hydrogen-bond acceptors (Lipinski definition) is 3. The predicted molar refractivity (Wildman–Crippen MR) is 74.4 cm³/mol. The Bertz CT molecular complexity index is 371. The standard InChI is InChI=1S/C15H23NO2/c1-3-18-15-11-12(2)6-7-14(15)16-13-5-4-9-17-10-8-13/h6-7,11,13,16H,3-5,8-10H2,1-2H3. The molecule has 1 heterocycles. The Labute approximate surface area is 109 Å². The van der Waals surface area contributed by atoms with Crippen molar-refractivity contribution < 1.29 is 9.47 Å². The maximum atomic E-state index is 5.70. The second-order valence-electron chi connectivity index (χ2n) is 4.82. The molecule has 0 radical (unpaired) electrons. The zero-order valence-corrected chi connectivity index (χ0v) is 11.4. The van der Waals surface area contributed by atoms with Crippen molar-refractivity contribution in [2.45, 2.75) is 39.2 Å². The topological polar surface area (TPSA) is 30.5 Å². The van der Waals surface area contributed by atoms with E-state index in [1.807, 2.05) is 6.92 Å². The fourth-order valence-electron chi connectivity index (χ4n) is 2.29. The molecule has 0 bridgehead atoms. The molecule has 0 amide bonds. The second-order valence-corrected chi connectivity index (χ2v) is 4.82. The average molecular weight is 249 g/mol. The van der Waals surface area contributed by atoms with Gasteiger partial charge < -0.3 is 14.8 Å². The van der Waals surface area contributed by atoms with Crippen molar-refractivity contribution in [1.82, 2.24) is 0 Å². The smallest absolute Gasteiger partial charge is 0.142 e. The van der Waals surface area contributed by atoms with Crippen molar-refractivity contribution in [3.05, 3.63) is 23.8 Å². The van der Waals surface area contributed by atoms with Gasteiger partial charge in [0.2, 0.25) is 0 Å². The lowest BCUT2D eigenvalue weighted by Crippen LogP contribution is -2.20. The molecule has 0 aromatic heterocycles. The highest BCUT2D eigenvalue weighted by atomic mass is 16.5. The van der Waals surface area contributed by atoms with Crippen LogP contribution in [0.2, 0.25) is 0 Å². The van der Waals surface area contributed by atoms with Crippen LogP contribution < -0.4 is 10.1 Å². The average Bonchev–Trinajstić information content (AvgIpc) is 2.61. The van der Waals surface area contributed by atoms with Crippen LogP contribution in [0.15, 0.2) is 18.2 Å². The number of ether oxygens (including phenoxy) is 2. The maximum absolute atomic E-state index is 5.70. The van der Waals surface area contributed by atoms with Crippen LogP contribution in [-0.4, -0.2) is 25.9 Å². The van der Waals surface area contributed by atoms with E-state index in [2.05, 4.69) is 30.4 Å². The normalized spacial score (nSPS) is 20.2. The van der Waals surface area contributed by atoms with Gasteiger partial charge in [0.1, 0.15) is 5.75 Å². The predicted octanol–water partition coefficient (Wildman–Crippen LogP) is 3.37. The van der Waals surface area contributed by atoms with E-state index in [1.165, 1.54) is 12.0 Å². The molecule has 1 unspecified atom stereocenters. The van der Waals surface area contributed by atoms with E-state index in [-0.39, 0.29) is 0 Å². The lowest BCUT2D eigenvalue weighted by atomic mass is 10.1. The van der Waals surface area contributed by atoms with Gasteiger partial charge in [0.25, 0.3) is 0 Å². The summed E-state index contributed by atoms with van der Waals surface area (Å²) in [6, 6.07) is 6.83. The van der Waals surface area contributed by atoms with Crippen molar-refractivity contribution in [2.75, 3.05) is 25.1 Å². The Morgan fingerprint density at radius 2 is 2.22 bits per heavy atom. The molecule has 0 saturated carbocycles. The molecule has 1 aliphatic rings. The Kier molecular flexibility index (Phi) is 4.88. The van der Waals surface area contributed by atoms with Crippen molar-refractivity contribution in [1.29, 1.82) is 0 Å². The van der Waals surface area contributed by atoms with E-state index in [0.29, 0.717) is 12.6 Å². The van der Waals surface area contributed by atoms with E-state index >= 15 is 0 Å². The van der Waals surface area contributed by atoms with Gasteiger partial charge in [0, 0.05) is 19.3 Å². The van der Waals surface area contributed by atoms with Gasteiger partial charge in [-0.25, -0.2) is 0 Å². The van der Waals surface area contributed by atoms with E-state index in [1.54, 1.807) is 0 Å². The summed E-state index contributed by atoms with van der Waals surface area (Å²) in [6.07, 6.45) is 3.37. The number of nitrogens with one attached hydrogen (secondary N) is 1. The quantitative estimate of drug-likeness (QED) is 0.887. The minimum absolute atomic E-state index is 0.495. The highest BCUT2D eigenvalue weighted by Crippen LogP contribution is 2.27. The Morgan fingerprint density at radius 1 is 1.33 bits per heavy atom. The first-order valence-electron chi connectivity index (χ1n) is 6.87. The summed E-state index contributed by atoms with van der Waals surface area (Å²) in [6.45, 7) is 6.56. The second kappa shape index (κ2) is 6.64. The third kappa shape index (κ3) is 3.64. The van der Waals surface area contributed by atoms with Crippen LogP contribution in [0.5, 0.6) is 5.75 Å². The molecule has 2 rings (SSSR count). The number of aryl methyl sites for hydroxylation is 1. The van der Waals surface area contributed by atoms with Crippen LogP contribution in [0.25, 0.3) is 0 Å². The molecule has 1 aliphatic heterocycles. The highest BCUT2D eigenvalue weighted by Gasteiger charge is 2.14. The van der Waals surface area contributed by atoms with E-state index in [4.69, 9.17) is 9.47 Å². The summed E-state index contributed by atoms with van der Waals surface area (Å²) in [5.41, 5.74) is 2.34. The molecule has 18 heavy (non-hydrogen) atoms. The number of benzene rings is 1. The largest absolute Gasteiger partial charge is 0.492 e. The van der Waals surface area contributed by atoms with Crippen molar-refractivity contribution >= 4 is 5.69 Å². The van der Waals surface area contributed by atoms with Crippen molar-refractivity contribution in [2.24, 2.45) is 0 Å². The Morgan fingerprint density at radius 3 is 3.06 bits per heavy atom. The minimum atomic E-state index is 0.495. The fourth-order valence-corrected chi connectivity index (χ4v) is 2.29. The molecule has 3 nitrogen and oxygen atoms in total. The summed E-state index contributed by atoms with van der Waals surface area (Å²) in [5.74, 6) is 0.961. The number of rotatable bonds is 4. The van der Waals surface area contributed by atoms with Crippen molar-refractivity contribution in [3.8, 4) is 5.75 Å². The molecule has 100 valence electrons. The molecule has 1 N–H and O–H groups in total. The molecule has 0 aliphatic carbocycles. The monoisotopic (exact) mass is 249 g/mol. The third-order valence-electron chi connectivity index (χ3n) is 3.25. The zero-order valence-electron chi connectivity index (χ0n) is 11.4. The summed E-state index contributed by atoms with van der Waals surface area (Å²) >= 11 is 0. The van der Waals surface area contributed by atoms with Crippen LogP contribution in [0.4, 0.5) is 5.69 Å². The highest BCUT2D eigenvalue weighted by molar-refractivity contribution is 5.58. The first-order valence-corrected chi connectivity index (χ1v) is 6.87. The van der Waals surface area contributed by atoms with E-state index in [0.717, 1.165) is 37.5 Å². The first-order chi connectivity index (χ1) is 8.79. The maximum Gasteiger partial charge on any atom is 0.142 e. The summed E-state index contributed by atoms with van der Waals surface area (Å²) < 4.78 is 11.2. The number of anilines is 1. The van der Waals surface area contributed by atoms with Gasteiger partial charge in [-0.1, -0.05) is 6.07 Å². The summed E-state index contributed by atoms with van der Waals surface area (Å²) in [7, 11) is 0. The molecule has 3 heteroatoms. The molecule has 1 aromatic carbocycles. The van der Waals surface area contributed by atoms with Gasteiger partial charge in [-0.2, -0.15) is 0 Å². The van der Waals surface area contributed by atoms with Gasteiger partial charge >= 0.3 is 0 Å². The van der Waals surface area contributed by atoms with Crippen molar-refractivity contribution in [3.63, 3.8) is 0 Å². The molecule has 1 aromatic rings. The van der Waals surface area contributed by atoms with Crippen LogP contribution in [0.1, 0.15) is 31.7 Å². The summed E-state index contributed by atoms with van der Waals surface area (Å²) in [5, 5.41) is 3.60. The molecule has 0 spiro atoms. The lowest BCUT2D eigenvalue weighted by Gasteiger charge is -2.20. The van der Waals surface area contributed by atoms with E-state index in [9.17, 15) is 0 Å². The zero-order chi connectivity index (χ0) is 12.8. The van der Waals surface area contributed by atoms with Gasteiger partial charge in [-0.3, -0.25) is 0 Å². The van der Waals surface area contributed by atoms with Gasteiger partial charge in [-0.05, 0) is 50.8 Å². The summed E-state index contributed by atoms with van der Waals surface area (Å²) in [4.78, 5) is 0. The Hall–Kier alpha value is -1.22. The van der Waals surface area contributed by atoms with Crippen LogP contribution in [-0.2, 0) is 4.74 Å². The SMILES string of the molecule is CCOc1cc(C)ccc1NC1CCCOCC1. The molecule has 1 atom stereocenters. The van der Waals surface area contributed by atoms with Gasteiger partial charge in [0.15, 0.2) is 0 Å². The van der Waals surface area contributed by atoms with Gasteiger partial charge in [-0.15, -0.1) is 0 Å². The minimum Gasteiger partial charge on any atom is -0.492 e. The van der Waals surface area contributed by atoms with E-state index < -0.39 is 0 Å². The first kappa shape index (κ1) is 13.2. The number of hydrogen-bond donors (Lipinski definition) is 1. The molecular weight excluding hydrogens is 226 g/mol. The Balaban J connectivity index is 2.06. The van der Waals surface area contributed by atoms with Crippen LogP contribution >= 0.6 is 0 Å². The van der Waals surface area contributed by atoms with Crippen LogP contribution in [0.3, 0.4) is 0 Å². The molecule has 1 fully saturated rings. The molecular formula is C15H23NO2. The molecule has 1 saturated heterocycles.